The van der Waals surface area contributed by atoms with E-state index >= 15 is 0 Å². The Labute approximate surface area is 220 Å². The molecular formula is C27H39N3O6S. The molecule has 2 rings (SSSR count). The smallest absolute Gasteiger partial charge is 0.244 e. The molecule has 0 radical (unpaired) electrons. The molecule has 0 aromatic heterocycles. The maximum atomic E-state index is 13.9. The lowest BCUT2D eigenvalue weighted by Crippen LogP contribution is -2.52. The van der Waals surface area contributed by atoms with Crippen LogP contribution in [0, 0.1) is 12.8 Å². The molecule has 9 nitrogen and oxygen atoms in total. The molecule has 204 valence electrons. The van der Waals surface area contributed by atoms with Gasteiger partial charge in [-0.05, 0) is 42.5 Å². The van der Waals surface area contributed by atoms with Gasteiger partial charge in [-0.1, -0.05) is 45.0 Å². The maximum absolute atomic E-state index is 13.9. The topological polar surface area (TPSA) is 105 Å². The summed E-state index contributed by atoms with van der Waals surface area (Å²) in [7, 11) is -1.02. The predicted octanol–water partition coefficient (Wildman–Crippen LogP) is 3.36. The summed E-state index contributed by atoms with van der Waals surface area (Å²) in [6.07, 6.45) is 1.39. The third-order valence-electron chi connectivity index (χ3n) is 6.01. The number of benzene rings is 2. The number of sulfonamides is 1. The SMILES string of the molecule is CC[C@@H](C(=O)NCC(C)C)N(Cc1ccccc1C)C(=O)CN(c1cc(OC)ccc1OC)S(C)(=O)=O. The second-order valence-corrected chi connectivity index (χ2v) is 11.2. The number of aryl methyl sites for hydroxylation is 1. The van der Waals surface area contributed by atoms with E-state index in [-0.39, 0.29) is 29.8 Å². The quantitative estimate of drug-likeness (QED) is 0.423. The molecule has 0 unspecified atom stereocenters. The summed E-state index contributed by atoms with van der Waals surface area (Å²) in [4.78, 5) is 28.5. The first kappa shape index (κ1) is 30.0. The van der Waals surface area contributed by atoms with Crippen LogP contribution in [0.3, 0.4) is 0 Å². The van der Waals surface area contributed by atoms with Gasteiger partial charge in [0, 0.05) is 19.2 Å². The van der Waals surface area contributed by atoms with Crippen molar-refractivity contribution in [2.75, 3.05) is 37.9 Å². The standard InChI is InChI=1S/C27H39N3O6S/c1-8-23(27(32)28-16-19(2)3)29(17-21-12-10-9-11-20(21)4)26(31)18-30(37(7,33)34)24-15-22(35-5)13-14-25(24)36-6/h9-15,19,23H,8,16-18H2,1-7H3,(H,28,32)/t23-/m0/s1. The largest absolute Gasteiger partial charge is 0.497 e. The van der Waals surface area contributed by atoms with Gasteiger partial charge in [0.15, 0.2) is 0 Å². The fourth-order valence-corrected chi connectivity index (χ4v) is 4.74. The summed E-state index contributed by atoms with van der Waals surface area (Å²) in [6, 6.07) is 11.5. The summed E-state index contributed by atoms with van der Waals surface area (Å²) >= 11 is 0. The second-order valence-electron chi connectivity index (χ2n) is 9.32. The van der Waals surface area contributed by atoms with Crippen molar-refractivity contribution in [3.63, 3.8) is 0 Å². The van der Waals surface area contributed by atoms with Crippen LogP contribution in [0.25, 0.3) is 0 Å². The highest BCUT2D eigenvalue weighted by atomic mass is 32.2. The van der Waals surface area contributed by atoms with Crippen LogP contribution in [0.2, 0.25) is 0 Å². The van der Waals surface area contributed by atoms with Gasteiger partial charge < -0.3 is 19.7 Å². The Hall–Kier alpha value is -3.27. The third kappa shape index (κ3) is 8.11. The molecule has 2 aromatic rings. The zero-order valence-corrected chi connectivity index (χ0v) is 23.6. The molecule has 1 N–H and O–H groups in total. The maximum Gasteiger partial charge on any atom is 0.244 e. The van der Waals surface area contributed by atoms with Gasteiger partial charge in [0.25, 0.3) is 0 Å². The zero-order valence-electron chi connectivity index (χ0n) is 22.8. The van der Waals surface area contributed by atoms with Crippen molar-refractivity contribution in [1.82, 2.24) is 10.2 Å². The highest BCUT2D eigenvalue weighted by molar-refractivity contribution is 7.92. The van der Waals surface area contributed by atoms with Crippen LogP contribution in [0.15, 0.2) is 42.5 Å². The number of nitrogens with zero attached hydrogens (tertiary/aromatic N) is 2. The molecule has 0 aliphatic heterocycles. The van der Waals surface area contributed by atoms with E-state index in [2.05, 4.69) is 5.32 Å². The van der Waals surface area contributed by atoms with E-state index in [9.17, 15) is 18.0 Å². The molecule has 0 bridgehead atoms. The van der Waals surface area contributed by atoms with E-state index in [1.165, 1.54) is 25.2 Å². The second kappa shape index (κ2) is 13.3. The number of ether oxygens (including phenoxy) is 2. The van der Waals surface area contributed by atoms with E-state index in [0.29, 0.717) is 18.7 Å². The van der Waals surface area contributed by atoms with E-state index < -0.39 is 28.5 Å². The minimum Gasteiger partial charge on any atom is -0.497 e. The summed E-state index contributed by atoms with van der Waals surface area (Å²) in [5.41, 5.74) is 2.01. The zero-order chi connectivity index (χ0) is 27.8. The van der Waals surface area contributed by atoms with Gasteiger partial charge in [-0.15, -0.1) is 0 Å². The molecule has 0 aliphatic carbocycles. The normalized spacial score (nSPS) is 12.1. The van der Waals surface area contributed by atoms with Crippen molar-refractivity contribution < 1.29 is 27.5 Å². The number of amides is 2. The predicted molar refractivity (Wildman–Crippen MR) is 145 cm³/mol. The summed E-state index contributed by atoms with van der Waals surface area (Å²) in [5, 5.41) is 2.92. The highest BCUT2D eigenvalue weighted by Crippen LogP contribution is 2.34. The first-order chi connectivity index (χ1) is 17.4. The number of carbonyl (C=O) groups is 2. The Bertz CT molecular complexity index is 1180. The Morgan fingerprint density at radius 3 is 2.27 bits per heavy atom. The van der Waals surface area contributed by atoms with Crippen LogP contribution in [0.5, 0.6) is 11.5 Å². The fourth-order valence-electron chi connectivity index (χ4n) is 3.90. The van der Waals surface area contributed by atoms with Crippen molar-refractivity contribution in [2.24, 2.45) is 5.92 Å². The van der Waals surface area contributed by atoms with Gasteiger partial charge in [0.05, 0.1) is 26.2 Å². The molecule has 1 atom stereocenters. The lowest BCUT2D eigenvalue weighted by molar-refractivity contribution is -0.140. The molecule has 0 heterocycles. The summed E-state index contributed by atoms with van der Waals surface area (Å²) in [5.74, 6) is 0.135. The highest BCUT2D eigenvalue weighted by Gasteiger charge is 2.33. The van der Waals surface area contributed by atoms with Crippen LogP contribution in [0.1, 0.15) is 38.3 Å². The monoisotopic (exact) mass is 533 g/mol. The van der Waals surface area contributed by atoms with Crippen molar-refractivity contribution in [3.05, 3.63) is 53.6 Å². The van der Waals surface area contributed by atoms with Crippen molar-refractivity contribution in [2.45, 2.75) is 46.7 Å². The van der Waals surface area contributed by atoms with Gasteiger partial charge >= 0.3 is 0 Å². The number of rotatable bonds is 13. The minimum atomic E-state index is -3.91. The average Bonchev–Trinajstić information content (AvgIpc) is 2.85. The van der Waals surface area contributed by atoms with Crippen LogP contribution < -0.4 is 19.1 Å². The first-order valence-electron chi connectivity index (χ1n) is 12.2. The number of hydrogen-bond donors (Lipinski definition) is 1. The summed E-state index contributed by atoms with van der Waals surface area (Å²) in [6.45, 7) is 7.86. The number of hydrogen-bond acceptors (Lipinski definition) is 6. The Morgan fingerprint density at radius 2 is 1.73 bits per heavy atom. The Morgan fingerprint density at radius 1 is 1.05 bits per heavy atom. The van der Waals surface area contributed by atoms with Gasteiger partial charge in [-0.3, -0.25) is 13.9 Å². The molecule has 0 saturated heterocycles. The van der Waals surface area contributed by atoms with Gasteiger partial charge in [0.1, 0.15) is 24.1 Å². The Kier molecular flexibility index (Phi) is 10.8. The lowest BCUT2D eigenvalue weighted by Gasteiger charge is -2.33. The minimum absolute atomic E-state index is 0.159. The van der Waals surface area contributed by atoms with Crippen LogP contribution in [0.4, 0.5) is 5.69 Å². The molecule has 2 aromatic carbocycles. The number of nitrogens with one attached hydrogen (secondary N) is 1. The number of carbonyl (C=O) groups excluding carboxylic acids is 2. The van der Waals surface area contributed by atoms with Crippen molar-refractivity contribution in [1.29, 1.82) is 0 Å². The third-order valence-corrected chi connectivity index (χ3v) is 7.13. The van der Waals surface area contributed by atoms with Crippen LogP contribution in [-0.4, -0.2) is 64.7 Å². The Balaban J connectivity index is 2.53. The van der Waals surface area contributed by atoms with Crippen LogP contribution in [-0.2, 0) is 26.2 Å². The first-order valence-corrected chi connectivity index (χ1v) is 14.1. The van der Waals surface area contributed by atoms with Gasteiger partial charge in [0.2, 0.25) is 21.8 Å². The van der Waals surface area contributed by atoms with Crippen LogP contribution >= 0.6 is 0 Å². The lowest BCUT2D eigenvalue weighted by atomic mass is 10.1. The van der Waals surface area contributed by atoms with Crippen molar-refractivity contribution >= 4 is 27.5 Å². The molecule has 0 spiro atoms. The molecule has 0 fully saturated rings. The van der Waals surface area contributed by atoms with Crippen molar-refractivity contribution in [3.8, 4) is 11.5 Å². The number of anilines is 1. The molecule has 2 amide bonds. The molecule has 37 heavy (non-hydrogen) atoms. The number of methoxy groups -OCH3 is 2. The van der Waals surface area contributed by atoms with E-state index in [4.69, 9.17) is 9.47 Å². The fraction of sp³-hybridized carbons (Fsp3) is 0.481. The molecule has 0 aliphatic rings. The van der Waals surface area contributed by atoms with E-state index in [0.717, 1.165) is 21.7 Å². The average molecular weight is 534 g/mol. The van der Waals surface area contributed by atoms with E-state index in [1.54, 1.807) is 12.1 Å². The van der Waals surface area contributed by atoms with Gasteiger partial charge in [-0.2, -0.15) is 0 Å². The molecule has 10 heteroatoms. The molecule has 0 saturated carbocycles. The van der Waals surface area contributed by atoms with E-state index in [1.807, 2.05) is 52.0 Å². The summed E-state index contributed by atoms with van der Waals surface area (Å²) < 4.78 is 37.4. The molecular weight excluding hydrogens is 494 g/mol. The van der Waals surface area contributed by atoms with Gasteiger partial charge in [-0.25, -0.2) is 8.42 Å².